The molecule has 1 aromatic rings. The normalized spacial score (nSPS) is 21.1. The zero-order chi connectivity index (χ0) is 14.9. The molecular formula is C15H21FN2O2. The Morgan fingerprint density at radius 1 is 1.35 bits per heavy atom. The summed E-state index contributed by atoms with van der Waals surface area (Å²) in [7, 11) is 1.77. The Labute approximate surface area is 118 Å². The number of carbonyl (C=O) groups is 1. The van der Waals surface area contributed by atoms with Crippen LogP contribution in [0.2, 0.25) is 0 Å². The third-order valence-electron chi connectivity index (χ3n) is 4.02. The van der Waals surface area contributed by atoms with E-state index in [2.05, 4.69) is 0 Å². The minimum atomic E-state index is -0.938. The van der Waals surface area contributed by atoms with Crippen molar-refractivity contribution in [3.63, 3.8) is 0 Å². The van der Waals surface area contributed by atoms with Crippen molar-refractivity contribution in [3.8, 4) is 0 Å². The Morgan fingerprint density at radius 3 is 2.65 bits per heavy atom. The molecule has 0 saturated carbocycles. The molecular weight excluding hydrogens is 259 g/mol. The average Bonchev–Trinajstić information content (AvgIpc) is 2.40. The van der Waals surface area contributed by atoms with Crippen LogP contribution < -0.4 is 0 Å². The van der Waals surface area contributed by atoms with Gasteiger partial charge in [-0.15, -0.1) is 0 Å². The fourth-order valence-electron chi connectivity index (χ4n) is 2.63. The number of amides is 1. The highest BCUT2D eigenvalue weighted by atomic mass is 19.1. The highest BCUT2D eigenvalue weighted by molar-refractivity contribution is 5.86. The van der Waals surface area contributed by atoms with Gasteiger partial charge in [0.05, 0.1) is 11.6 Å². The van der Waals surface area contributed by atoms with Crippen molar-refractivity contribution in [2.45, 2.75) is 25.5 Å². The van der Waals surface area contributed by atoms with Crippen molar-refractivity contribution < 1.29 is 14.3 Å². The number of carbonyl (C=O) groups excluding carboxylic acids is 1. The number of aliphatic hydroxyl groups excluding tert-OH is 1. The second-order valence-corrected chi connectivity index (χ2v) is 5.77. The predicted molar refractivity (Wildman–Crippen MR) is 74.6 cm³/mol. The molecule has 110 valence electrons. The molecule has 4 nitrogen and oxygen atoms in total. The number of hydrogen-bond donors (Lipinski definition) is 1. The summed E-state index contributed by atoms with van der Waals surface area (Å²) in [5.74, 6) is -0.400. The lowest BCUT2D eigenvalue weighted by molar-refractivity contribution is -0.148. The minimum absolute atomic E-state index is 0.0180. The topological polar surface area (TPSA) is 43.8 Å². The van der Waals surface area contributed by atoms with E-state index in [1.165, 1.54) is 6.07 Å². The smallest absolute Gasteiger partial charge is 0.242 e. The summed E-state index contributed by atoms with van der Waals surface area (Å²) < 4.78 is 13.7. The second-order valence-electron chi connectivity index (χ2n) is 5.77. The third kappa shape index (κ3) is 2.69. The van der Waals surface area contributed by atoms with E-state index in [1.54, 1.807) is 30.1 Å². The van der Waals surface area contributed by atoms with Crippen LogP contribution >= 0.6 is 0 Å². The van der Waals surface area contributed by atoms with E-state index in [0.717, 1.165) is 0 Å². The molecule has 1 amide bonds. The number of aliphatic hydroxyl groups is 1. The fraction of sp³-hybridized carbons (Fsp3) is 0.533. The van der Waals surface area contributed by atoms with E-state index in [0.29, 0.717) is 13.1 Å². The molecule has 0 spiro atoms. The molecule has 1 saturated heterocycles. The van der Waals surface area contributed by atoms with Crippen molar-refractivity contribution in [2.24, 2.45) is 0 Å². The van der Waals surface area contributed by atoms with Crippen LogP contribution in [0.15, 0.2) is 24.3 Å². The molecule has 0 bridgehead atoms. The van der Waals surface area contributed by atoms with Gasteiger partial charge in [-0.25, -0.2) is 4.39 Å². The second kappa shape index (κ2) is 5.50. The zero-order valence-corrected chi connectivity index (χ0v) is 12.1. The van der Waals surface area contributed by atoms with Gasteiger partial charge in [0.15, 0.2) is 0 Å². The number of benzene rings is 1. The summed E-state index contributed by atoms with van der Waals surface area (Å²) >= 11 is 0. The standard InChI is InChI=1S/C15H21FN2O2/c1-15(2)14(20)17(3)8-9-18(15)10-13(19)11-6-4-5-7-12(11)16/h4-7,13,19H,8-10H2,1-3H3. The number of halogens is 1. The number of piperazine rings is 1. The SMILES string of the molecule is CN1CCN(CC(O)c2ccccc2F)C(C)(C)C1=O. The summed E-state index contributed by atoms with van der Waals surface area (Å²) in [6.07, 6.45) is -0.938. The fourth-order valence-corrected chi connectivity index (χ4v) is 2.63. The van der Waals surface area contributed by atoms with Crippen LogP contribution in [0.1, 0.15) is 25.5 Å². The number of hydrogen-bond acceptors (Lipinski definition) is 3. The first-order valence-corrected chi connectivity index (χ1v) is 6.77. The lowest BCUT2D eigenvalue weighted by atomic mass is 9.96. The first-order chi connectivity index (χ1) is 9.34. The van der Waals surface area contributed by atoms with Gasteiger partial charge in [0.25, 0.3) is 0 Å². The molecule has 20 heavy (non-hydrogen) atoms. The quantitative estimate of drug-likeness (QED) is 0.910. The maximum Gasteiger partial charge on any atom is 0.242 e. The summed E-state index contributed by atoms with van der Waals surface area (Å²) in [4.78, 5) is 15.8. The van der Waals surface area contributed by atoms with Gasteiger partial charge in [-0.1, -0.05) is 18.2 Å². The number of rotatable bonds is 3. The highest BCUT2D eigenvalue weighted by Crippen LogP contribution is 2.25. The first kappa shape index (κ1) is 14.9. The Bertz CT molecular complexity index is 504. The van der Waals surface area contributed by atoms with Crippen LogP contribution in [0.3, 0.4) is 0 Å². The molecule has 1 aliphatic heterocycles. The van der Waals surface area contributed by atoms with Gasteiger partial charge in [0, 0.05) is 32.2 Å². The maximum absolute atomic E-state index is 13.7. The van der Waals surface area contributed by atoms with Gasteiger partial charge in [0.1, 0.15) is 5.82 Å². The van der Waals surface area contributed by atoms with Crippen molar-refractivity contribution >= 4 is 5.91 Å². The van der Waals surface area contributed by atoms with Crippen molar-refractivity contribution in [1.29, 1.82) is 0 Å². The van der Waals surface area contributed by atoms with Gasteiger partial charge in [0.2, 0.25) is 5.91 Å². The van der Waals surface area contributed by atoms with Crippen LogP contribution in [0, 0.1) is 5.82 Å². The molecule has 1 unspecified atom stereocenters. The molecule has 5 heteroatoms. The summed E-state index contributed by atoms with van der Waals surface area (Å²) in [6, 6.07) is 6.19. The van der Waals surface area contributed by atoms with Crippen LogP contribution in [0.25, 0.3) is 0 Å². The maximum atomic E-state index is 13.7. The largest absolute Gasteiger partial charge is 0.387 e. The van der Waals surface area contributed by atoms with Crippen LogP contribution in [0.5, 0.6) is 0 Å². The van der Waals surface area contributed by atoms with Crippen LogP contribution in [-0.2, 0) is 4.79 Å². The number of likely N-dealkylation sites (N-methyl/N-ethyl adjacent to an activating group) is 1. The van der Waals surface area contributed by atoms with E-state index in [9.17, 15) is 14.3 Å². The summed E-state index contributed by atoms with van der Waals surface area (Å²) in [6.45, 7) is 5.19. The molecule has 0 radical (unpaired) electrons. The lowest BCUT2D eigenvalue weighted by Gasteiger charge is -2.45. The molecule has 0 aromatic heterocycles. The molecule has 1 aliphatic rings. The summed E-state index contributed by atoms with van der Waals surface area (Å²) in [5, 5.41) is 10.2. The molecule has 1 fully saturated rings. The summed E-state index contributed by atoms with van der Waals surface area (Å²) in [5.41, 5.74) is -0.408. The highest BCUT2D eigenvalue weighted by Gasteiger charge is 2.41. The van der Waals surface area contributed by atoms with Crippen LogP contribution in [0.4, 0.5) is 4.39 Å². The Balaban J connectivity index is 2.14. The van der Waals surface area contributed by atoms with E-state index in [1.807, 2.05) is 18.7 Å². The van der Waals surface area contributed by atoms with Crippen LogP contribution in [-0.4, -0.2) is 53.0 Å². The van der Waals surface area contributed by atoms with Gasteiger partial charge in [-0.3, -0.25) is 9.69 Å². The van der Waals surface area contributed by atoms with E-state index < -0.39 is 17.5 Å². The van der Waals surface area contributed by atoms with E-state index >= 15 is 0 Å². The molecule has 1 N–H and O–H groups in total. The van der Waals surface area contributed by atoms with Gasteiger partial charge in [-0.05, 0) is 19.9 Å². The average molecular weight is 280 g/mol. The lowest BCUT2D eigenvalue weighted by Crippen LogP contribution is -2.62. The Morgan fingerprint density at radius 2 is 2.00 bits per heavy atom. The van der Waals surface area contributed by atoms with Crippen molar-refractivity contribution in [2.75, 3.05) is 26.7 Å². The Hall–Kier alpha value is -1.46. The minimum Gasteiger partial charge on any atom is -0.387 e. The molecule has 2 rings (SSSR count). The number of β-amino-alcohol motifs (C(OH)–C–C–N with tert-alkyl or cyclic N) is 1. The first-order valence-electron chi connectivity index (χ1n) is 6.77. The number of nitrogens with zero attached hydrogens (tertiary/aromatic N) is 2. The predicted octanol–water partition coefficient (Wildman–Crippen LogP) is 1.41. The third-order valence-corrected chi connectivity index (χ3v) is 4.02. The van der Waals surface area contributed by atoms with Gasteiger partial charge >= 0.3 is 0 Å². The van der Waals surface area contributed by atoms with E-state index in [-0.39, 0.29) is 18.0 Å². The monoisotopic (exact) mass is 280 g/mol. The molecule has 1 heterocycles. The van der Waals surface area contributed by atoms with Crippen molar-refractivity contribution in [1.82, 2.24) is 9.80 Å². The Kier molecular flexibility index (Phi) is 4.11. The molecule has 0 aliphatic carbocycles. The zero-order valence-electron chi connectivity index (χ0n) is 12.1. The molecule has 1 aromatic carbocycles. The van der Waals surface area contributed by atoms with Crippen molar-refractivity contribution in [3.05, 3.63) is 35.6 Å². The van der Waals surface area contributed by atoms with Gasteiger partial charge in [-0.2, -0.15) is 0 Å². The van der Waals surface area contributed by atoms with Gasteiger partial charge < -0.3 is 10.0 Å². The van der Waals surface area contributed by atoms with E-state index in [4.69, 9.17) is 0 Å². The molecule has 1 atom stereocenters.